The first kappa shape index (κ1) is 33.9. The van der Waals surface area contributed by atoms with Gasteiger partial charge in [-0.2, -0.15) is 5.01 Å². The molecule has 4 aromatic rings. The topological polar surface area (TPSA) is 125 Å². The number of thiophene rings is 1. The smallest absolute Gasteiger partial charge is 0.260 e. The zero-order valence-corrected chi connectivity index (χ0v) is 29.6. The normalized spacial score (nSPS) is 26.5. The molecule has 1 aromatic heterocycles. The molecule has 4 aliphatic rings. The molecule has 2 saturated heterocycles. The Bertz CT molecular complexity index is 2120. The van der Waals surface area contributed by atoms with E-state index < -0.39 is 52.6 Å². The standard InChI is InChI=1S/C39H33ClFN3O7S/c1-50-30-16-20(17-31(51-2)34(30)45)33-26-13-14-27-32(37(48)43(35(27)46)19-25-4-3-15-52-25)28(26)18-29-36(47)44(42-24-11-9-23(41)10-12-24)38(49)39(29,33)21-5-7-22(40)8-6-21/h3-13,15-17,27-29,32-33,42,45H,14,18-19H2,1-2H3/t27-,28+,29-,32-,33-,39+/m0/s1. The van der Waals surface area contributed by atoms with Gasteiger partial charge in [0.15, 0.2) is 11.5 Å². The van der Waals surface area contributed by atoms with Crippen LogP contribution in [-0.4, -0.2) is 52.9 Å². The quantitative estimate of drug-likeness (QED) is 0.156. The summed E-state index contributed by atoms with van der Waals surface area (Å²) in [4.78, 5) is 60.6. The van der Waals surface area contributed by atoms with Crippen molar-refractivity contribution in [3.63, 3.8) is 0 Å². The fraction of sp³-hybridized carbons (Fsp3) is 0.282. The summed E-state index contributed by atoms with van der Waals surface area (Å²) in [6, 6.07) is 19.0. The van der Waals surface area contributed by atoms with E-state index in [0.717, 1.165) is 15.5 Å². The number of carbonyl (C=O) groups is 4. The maximum absolute atomic E-state index is 15.3. The molecule has 8 rings (SSSR count). The van der Waals surface area contributed by atoms with Crippen LogP contribution in [0.5, 0.6) is 17.2 Å². The molecule has 0 unspecified atom stereocenters. The SMILES string of the molecule is COc1cc([C@H]2C3=CC[C@@H]4C(=O)N(Cc5cccs5)C(=O)[C@@H]4[C@@H]3C[C@H]3C(=O)N(Nc4ccc(F)cc4)C(=O)[C@@]23c2ccc(Cl)cc2)cc(OC)c1O. The van der Waals surface area contributed by atoms with Gasteiger partial charge < -0.3 is 14.6 Å². The van der Waals surface area contributed by atoms with Crippen molar-refractivity contribution in [2.45, 2.75) is 30.7 Å². The van der Waals surface area contributed by atoms with Gasteiger partial charge in [0.25, 0.3) is 11.8 Å². The summed E-state index contributed by atoms with van der Waals surface area (Å²) in [5, 5.41) is 14.3. The molecule has 2 aliphatic carbocycles. The predicted molar refractivity (Wildman–Crippen MR) is 190 cm³/mol. The Labute approximate surface area is 307 Å². The maximum Gasteiger partial charge on any atom is 0.260 e. The van der Waals surface area contributed by atoms with Crippen LogP contribution in [0.3, 0.4) is 0 Å². The van der Waals surface area contributed by atoms with Crippen LogP contribution >= 0.6 is 22.9 Å². The highest BCUT2D eigenvalue weighted by molar-refractivity contribution is 7.09. The Kier molecular flexibility index (Phi) is 8.34. The molecule has 0 radical (unpaired) electrons. The highest BCUT2D eigenvalue weighted by atomic mass is 35.5. The summed E-state index contributed by atoms with van der Waals surface area (Å²) >= 11 is 7.83. The number of methoxy groups -OCH3 is 2. The van der Waals surface area contributed by atoms with Gasteiger partial charge in [0.1, 0.15) is 5.82 Å². The lowest BCUT2D eigenvalue weighted by atomic mass is 9.49. The number of amides is 4. The second-order valence-corrected chi connectivity index (χ2v) is 15.0. The summed E-state index contributed by atoms with van der Waals surface area (Å²) in [5.41, 5.74) is 3.39. The van der Waals surface area contributed by atoms with Crippen LogP contribution in [0.25, 0.3) is 0 Å². The lowest BCUT2D eigenvalue weighted by Crippen LogP contribution is -2.53. The molecule has 6 atom stereocenters. The van der Waals surface area contributed by atoms with E-state index >= 15 is 4.79 Å². The lowest BCUT2D eigenvalue weighted by Gasteiger charge is -2.50. The Morgan fingerprint density at radius 3 is 2.27 bits per heavy atom. The van der Waals surface area contributed by atoms with Gasteiger partial charge in [-0.15, -0.1) is 11.3 Å². The number of hydrogen-bond donors (Lipinski definition) is 2. The van der Waals surface area contributed by atoms with E-state index in [-0.39, 0.29) is 48.4 Å². The van der Waals surface area contributed by atoms with E-state index in [1.54, 1.807) is 36.4 Å². The summed E-state index contributed by atoms with van der Waals surface area (Å²) in [6.07, 6.45) is 2.30. The number of benzene rings is 3. The third kappa shape index (κ3) is 5.02. The molecule has 3 heterocycles. The van der Waals surface area contributed by atoms with Crippen LogP contribution in [0.2, 0.25) is 5.02 Å². The van der Waals surface area contributed by atoms with Crippen molar-refractivity contribution in [1.29, 1.82) is 0 Å². The summed E-state index contributed by atoms with van der Waals surface area (Å²) < 4.78 is 25.0. The number of allylic oxidation sites excluding steroid dienone is 2. The minimum Gasteiger partial charge on any atom is -0.502 e. The number of anilines is 1. The molecule has 4 amide bonds. The van der Waals surface area contributed by atoms with E-state index in [9.17, 15) is 23.9 Å². The average Bonchev–Trinajstić information content (AvgIpc) is 3.81. The Balaban J connectivity index is 1.34. The van der Waals surface area contributed by atoms with Crippen LogP contribution in [-0.2, 0) is 31.1 Å². The van der Waals surface area contributed by atoms with Gasteiger partial charge in [-0.05, 0) is 89.9 Å². The van der Waals surface area contributed by atoms with Gasteiger partial charge in [0.05, 0.1) is 49.6 Å². The number of nitrogens with one attached hydrogen (secondary N) is 1. The molecule has 3 fully saturated rings. The Hall–Kier alpha value is -5.20. The zero-order valence-electron chi connectivity index (χ0n) is 28.0. The largest absolute Gasteiger partial charge is 0.502 e. The van der Waals surface area contributed by atoms with Crippen LogP contribution < -0.4 is 14.9 Å². The molecular formula is C39H33ClFN3O7S. The third-order valence-electron chi connectivity index (χ3n) is 11.1. The lowest BCUT2D eigenvalue weighted by molar-refractivity contribution is -0.141. The van der Waals surface area contributed by atoms with Crippen molar-refractivity contribution in [2.24, 2.45) is 23.7 Å². The van der Waals surface area contributed by atoms with Crippen molar-refractivity contribution in [2.75, 3.05) is 19.6 Å². The number of nitrogens with zero attached hydrogens (tertiary/aromatic N) is 2. The van der Waals surface area contributed by atoms with Crippen LogP contribution in [0.15, 0.2) is 89.8 Å². The van der Waals surface area contributed by atoms with Crippen molar-refractivity contribution < 1.29 is 38.1 Å². The molecule has 10 nitrogen and oxygen atoms in total. The monoisotopic (exact) mass is 741 g/mol. The first-order valence-corrected chi connectivity index (χ1v) is 18.0. The fourth-order valence-electron chi connectivity index (χ4n) is 8.89. The van der Waals surface area contributed by atoms with E-state index in [1.165, 1.54) is 54.7 Å². The number of halogens is 2. The molecule has 266 valence electrons. The van der Waals surface area contributed by atoms with Crippen molar-refractivity contribution >= 4 is 52.3 Å². The number of hydrazine groups is 1. The number of ether oxygens (including phenoxy) is 2. The third-order valence-corrected chi connectivity index (χ3v) is 12.2. The van der Waals surface area contributed by atoms with Crippen molar-refractivity contribution in [3.05, 3.63) is 117 Å². The van der Waals surface area contributed by atoms with Gasteiger partial charge >= 0.3 is 0 Å². The van der Waals surface area contributed by atoms with E-state index in [0.29, 0.717) is 21.8 Å². The minimum absolute atomic E-state index is 0.0841. The molecule has 52 heavy (non-hydrogen) atoms. The first-order valence-electron chi connectivity index (χ1n) is 16.8. The average molecular weight is 742 g/mol. The van der Waals surface area contributed by atoms with Crippen molar-refractivity contribution in [1.82, 2.24) is 9.91 Å². The second-order valence-electron chi connectivity index (χ2n) is 13.5. The van der Waals surface area contributed by atoms with E-state index in [1.807, 2.05) is 23.6 Å². The number of imide groups is 2. The molecule has 2 aliphatic heterocycles. The van der Waals surface area contributed by atoms with Gasteiger partial charge in [0, 0.05) is 15.8 Å². The maximum atomic E-state index is 15.3. The second kappa shape index (κ2) is 12.8. The van der Waals surface area contributed by atoms with Crippen LogP contribution in [0.4, 0.5) is 10.1 Å². The number of aromatic hydroxyl groups is 1. The molecule has 3 aromatic carbocycles. The van der Waals surface area contributed by atoms with Gasteiger partial charge in [-0.1, -0.05) is 41.4 Å². The summed E-state index contributed by atoms with van der Waals surface area (Å²) in [7, 11) is 2.79. The van der Waals surface area contributed by atoms with Crippen molar-refractivity contribution in [3.8, 4) is 17.2 Å². The highest BCUT2D eigenvalue weighted by Gasteiger charge is 2.70. The number of phenols is 1. The fourth-order valence-corrected chi connectivity index (χ4v) is 9.71. The number of rotatable bonds is 8. The first-order chi connectivity index (χ1) is 25.1. The Morgan fingerprint density at radius 2 is 1.63 bits per heavy atom. The van der Waals surface area contributed by atoms with Gasteiger partial charge in [-0.25, -0.2) is 4.39 Å². The molecular weight excluding hydrogens is 709 g/mol. The van der Waals surface area contributed by atoms with Gasteiger partial charge in [-0.3, -0.25) is 29.5 Å². The molecule has 13 heteroatoms. The molecule has 2 N–H and O–H groups in total. The predicted octanol–water partition coefficient (Wildman–Crippen LogP) is 6.45. The summed E-state index contributed by atoms with van der Waals surface area (Å²) in [6.45, 7) is 0.158. The van der Waals surface area contributed by atoms with Gasteiger partial charge in [0.2, 0.25) is 17.6 Å². The summed E-state index contributed by atoms with van der Waals surface area (Å²) in [5.74, 6) is -6.15. The van der Waals surface area contributed by atoms with Crippen LogP contribution in [0.1, 0.15) is 34.8 Å². The van der Waals surface area contributed by atoms with E-state index in [4.69, 9.17) is 21.1 Å². The van der Waals surface area contributed by atoms with E-state index in [2.05, 4.69) is 5.43 Å². The zero-order chi connectivity index (χ0) is 36.5. The molecule has 1 saturated carbocycles. The molecule has 0 bridgehead atoms. The molecule has 0 spiro atoms. The Morgan fingerprint density at radius 1 is 0.942 bits per heavy atom. The van der Waals surface area contributed by atoms with Crippen LogP contribution in [0, 0.1) is 29.5 Å². The minimum atomic E-state index is -1.60. The number of carbonyl (C=O) groups excluding carboxylic acids is 4. The number of fused-ring (bicyclic) bond motifs is 4. The number of hydrogen-bond acceptors (Lipinski definition) is 9. The number of likely N-dealkylation sites (tertiary alicyclic amines) is 1. The number of phenolic OH excluding ortho intramolecular Hbond substituents is 1. The highest BCUT2D eigenvalue weighted by Crippen LogP contribution is 2.65.